The predicted molar refractivity (Wildman–Crippen MR) is 62.1 cm³/mol. The van der Waals surface area contributed by atoms with Gasteiger partial charge in [-0.05, 0) is 19.1 Å². The number of nitrogens with one attached hydrogen (secondary N) is 1. The molecule has 0 saturated carbocycles. The minimum atomic E-state index is -3.48. The van der Waals surface area contributed by atoms with Crippen molar-refractivity contribution in [2.45, 2.75) is 24.6 Å². The van der Waals surface area contributed by atoms with Crippen molar-refractivity contribution in [1.29, 1.82) is 0 Å². The molecule has 0 spiro atoms. The Bertz CT molecular complexity index is 615. The van der Waals surface area contributed by atoms with Crippen LogP contribution in [0.4, 0.5) is 0 Å². The minimum Gasteiger partial charge on any atom is -0.340 e. The van der Waals surface area contributed by atoms with Gasteiger partial charge in [-0.2, -0.15) is 4.98 Å². The van der Waals surface area contributed by atoms with E-state index in [4.69, 9.17) is 4.52 Å². The molecular formula is C9H11N3O3S2. The first-order chi connectivity index (χ1) is 7.97. The zero-order valence-corrected chi connectivity index (χ0v) is 10.9. The summed E-state index contributed by atoms with van der Waals surface area (Å²) in [5.74, 6) is 0.727. The van der Waals surface area contributed by atoms with Gasteiger partial charge in [0.1, 0.15) is 4.21 Å². The predicted octanol–water partition coefficient (Wildman–Crippen LogP) is 1.23. The van der Waals surface area contributed by atoms with Gasteiger partial charge in [-0.3, -0.25) is 0 Å². The van der Waals surface area contributed by atoms with E-state index in [-0.39, 0.29) is 10.8 Å². The Labute approximate surface area is 103 Å². The summed E-state index contributed by atoms with van der Waals surface area (Å²) in [4.78, 5) is 4.86. The Kier molecular flexibility index (Phi) is 3.27. The van der Waals surface area contributed by atoms with Gasteiger partial charge < -0.3 is 4.52 Å². The Balaban J connectivity index is 2.08. The molecule has 2 heterocycles. The lowest BCUT2D eigenvalue weighted by atomic mass is 10.5. The van der Waals surface area contributed by atoms with E-state index in [0.717, 1.165) is 4.88 Å². The average molecular weight is 273 g/mol. The maximum absolute atomic E-state index is 11.8. The Morgan fingerprint density at radius 2 is 2.18 bits per heavy atom. The molecule has 2 aromatic heterocycles. The molecule has 17 heavy (non-hydrogen) atoms. The largest absolute Gasteiger partial charge is 0.340 e. The highest BCUT2D eigenvalue weighted by molar-refractivity contribution is 7.91. The zero-order chi connectivity index (χ0) is 12.5. The van der Waals surface area contributed by atoms with Crippen LogP contribution in [0.15, 0.2) is 20.9 Å². The van der Waals surface area contributed by atoms with E-state index in [0.29, 0.717) is 11.7 Å². The maximum Gasteiger partial charge on any atom is 0.250 e. The minimum absolute atomic E-state index is 0.0244. The molecule has 8 heteroatoms. The lowest BCUT2D eigenvalue weighted by Crippen LogP contribution is -2.22. The highest BCUT2D eigenvalue weighted by Gasteiger charge is 2.16. The molecule has 2 aromatic rings. The summed E-state index contributed by atoms with van der Waals surface area (Å²) in [5.41, 5.74) is 0. The van der Waals surface area contributed by atoms with Crippen LogP contribution in [0.5, 0.6) is 0 Å². The normalized spacial score (nSPS) is 11.9. The molecule has 1 N–H and O–H groups in total. The summed E-state index contributed by atoms with van der Waals surface area (Å²) in [5, 5.41) is 3.61. The van der Waals surface area contributed by atoms with Crippen LogP contribution >= 0.6 is 11.3 Å². The molecule has 92 valence electrons. The summed E-state index contributed by atoms with van der Waals surface area (Å²) < 4.78 is 31.1. The molecular weight excluding hydrogens is 262 g/mol. The SMILES string of the molecule is Cc1nc(CNS(=O)(=O)c2ccc(C)s2)no1. The van der Waals surface area contributed by atoms with Crippen molar-refractivity contribution in [2.75, 3.05) is 0 Å². The third-order valence-corrected chi connectivity index (χ3v) is 4.86. The van der Waals surface area contributed by atoms with Crippen molar-refractivity contribution >= 4 is 21.4 Å². The second kappa shape index (κ2) is 4.55. The monoisotopic (exact) mass is 273 g/mol. The first-order valence-electron chi connectivity index (χ1n) is 4.83. The summed E-state index contributed by atoms with van der Waals surface area (Å²) in [7, 11) is -3.48. The number of sulfonamides is 1. The molecule has 6 nitrogen and oxygen atoms in total. The number of hydrogen-bond acceptors (Lipinski definition) is 6. The van der Waals surface area contributed by atoms with E-state index < -0.39 is 10.0 Å². The Morgan fingerprint density at radius 1 is 1.41 bits per heavy atom. The van der Waals surface area contributed by atoms with Crippen molar-refractivity contribution in [2.24, 2.45) is 0 Å². The average Bonchev–Trinajstić information content (AvgIpc) is 2.85. The first-order valence-corrected chi connectivity index (χ1v) is 7.12. The van der Waals surface area contributed by atoms with Crippen LogP contribution in [0.2, 0.25) is 0 Å². The molecule has 0 fully saturated rings. The first kappa shape index (κ1) is 12.2. The van der Waals surface area contributed by atoms with Crippen LogP contribution in [0, 0.1) is 13.8 Å². The van der Waals surface area contributed by atoms with Crippen molar-refractivity contribution < 1.29 is 12.9 Å². The van der Waals surface area contributed by atoms with Gasteiger partial charge in [-0.15, -0.1) is 11.3 Å². The quantitative estimate of drug-likeness (QED) is 0.905. The fourth-order valence-corrected chi connectivity index (χ4v) is 3.51. The number of nitrogens with zero attached hydrogens (tertiary/aromatic N) is 2. The van der Waals surface area contributed by atoms with Crippen LogP contribution in [0.25, 0.3) is 0 Å². The molecule has 0 unspecified atom stereocenters. The standard InChI is InChI=1S/C9H11N3O3S2/c1-6-3-4-9(16-6)17(13,14)10-5-8-11-7(2)15-12-8/h3-4,10H,5H2,1-2H3. The van der Waals surface area contributed by atoms with Gasteiger partial charge in [0.2, 0.25) is 15.9 Å². The molecule has 0 saturated heterocycles. The van der Waals surface area contributed by atoms with Gasteiger partial charge in [0.25, 0.3) is 0 Å². The molecule has 0 amide bonds. The van der Waals surface area contributed by atoms with Crippen molar-refractivity contribution in [3.8, 4) is 0 Å². The second-order valence-electron chi connectivity index (χ2n) is 3.42. The molecule has 0 aliphatic rings. The highest BCUT2D eigenvalue weighted by atomic mass is 32.2. The van der Waals surface area contributed by atoms with Gasteiger partial charge >= 0.3 is 0 Å². The Hall–Kier alpha value is -1.25. The number of thiophene rings is 1. The smallest absolute Gasteiger partial charge is 0.250 e. The van der Waals surface area contributed by atoms with E-state index in [2.05, 4.69) is 14.9 Å². The second-order valence-corrected chi connectivity index (χ2v) is 6.70. The number of rotatable bonds is 4. The summed E-state index contributed by atoms with van der Waals surface area (Å²) in [6.07, 6.45) is 0. The highest BCUT2D eigenvalue weighted by Crippen LogP contribution is 2.20. The fourth-order valence-electron chi connectivity index (χ4n) is 1.20. The van der Waals surface area contributed by atoms with Gasteiger partial charge in [-0.1, -0.05) is 5.16 Å². The van der Waals surface area contributed by atoms with Crippen LogP contribution in [-0.2, 0) is 16.6 Å². The molecule has 0 aromatic carbocycles. The van der Waals surface area contributed by atoms with Crippen molar-refractivity contribution in [1.82, 2.24) is 14.9 Å². The van der Waals surface area contributed by atoms with Crippen LogP contribution < -0.4 is 4.72 Å². The van der Waals surface area contributed by atoms with Crippen LogP contribution in [0.3, 0.4) is 0 Å². The van der Waals surface area contributed by atoms with E-state index >= 15 is 0 Å². The summed E-state index contributed by atoms with van der Waals surface area (Å²) in [6, 6.07) is 3.33. The van der Waals surface area contributed by atoms with E-state index in [1.165, 1.54) is 11.3 Å². The van der Waals surface area contributed by atoms with Crippen molar-refractivity contribution in [3.05, 3.63) is 28.7 Å². The number of aryl methyl sites for hydroxylation is 2. The zero-order valence-electron chi connectivity index (χ0n) is 9.30. The topological polar surface area (TPSA) is 85.1 Å². The molecule has 0 radical (unpaired) electrons. The summed E-state index contributed by atoms with van der Waals surface area (Å²) >= 11 is 1.22. The lowest BCUT2D eigenvalue weighted by Gasteiger charge is -2.00. The number of hydrogen-bond donors (Lipinski definition) is 1. The summed E-state index contributed by atoms with van der Waals surface area (Å²) in [6.45, 7) is 3.52. The van der Waals surface area contributed by atoms with Crippen LogP contribution in [0.1, 0.15) is 16.6 Å². The van der Waals surface area contributed by atoms with E-state index in [1.807, 2.05) is 6.92 Å². The fraction of sp³-hybridized carbons (Fsp3) is 0.333. The Morgan fingerprint density at radius 3 is 2.71 bits per heavy atom. The maximum atomic E-state index is 11.8. The molecule has 0 aliphatic heterocycles. The lowest BCUT2D eigenvalue weighted by molar-refractivity contribution is 0.387. The third kappa shape index (κ3) is 2.90. The van der Waals surface area contributed by atoms with Gasteiger partial charge in [0, 0.05) is 11.8 Å². The van der Waals surface area contributed by atoms with E-state index in [9.17, 15) is 8.42 Å². The van der Waals surface area contributed by atoms with Crippen LogP contribution in [-0.4, -0.2) is 18.6 Å². The number of aromatic nitrogens is 2. The molecule has 0 aliphatic carbocycles. The molecule has 2 rings (SSSR count). The van der Waals surface area contributed by atoms with Crippen molar-refractivity contribution in [3.63, 3.8) is 0 Å². The molecule has 0 bridgehead atoms. The van der Waals surface area contributed by atoms with Gasteiger partial charge in [0.05, 0.1) is 6.54 Å². The van der Waals surface area contributed by atoms with Gasteiger partial charge in [0.15, 0.2) is 5.82 Å². The van der Waals surface area contributed by atoms with E-state index in [1.54, 1.807) is 19.1 Å². The van der Waals surface area contributed by atoms with Gasteiger partial charge in [-0.25, -0.2) is 13.1 Å². The molecule has 0 atom stereocenters. The third-order valence-electron chi connectivity index (χ3n) is 1.97.